The first-order valence-electron chi connectivity index (χ1n) is 15.6. The second-order valence-corrected chi connectivity index (χ2v) is 11.4. The van der Waals surface area contributed by atoms with E-state index < -0.39 is 55.2 Å². The topological polar surface area (TPSA) is 154 Å². The molecule has 2 amide bonds. The molecule has 0 aliphatic carbocycles. The first-order chi connectivity index (χ1) is 19.2. The largest absolute Gasteiger partial charge is 0.432 e. The molecule has 1 aliphatic rings. The number of amides is 2. The number of unbranched alkanes of at least 4 members (excludes halogenated alkanes) is 11. The van der Waals surface area contributed by atoms with E-state index in [0.717, 1.165) is 19.3 Å². The van der Waals surface area contributed by atoms with Crippen molar-refractivity contribution >= 4 is 17.8 Å². The Morgan fingerprint density at radius 2 is 1.32 bits per heavy atom. The van der Waals surface area contributed by atoms with Gasteiger partial charge in [-0.25, -0.2) is 4.79 Å². The van der Waals surface area contributed by atoms with Crippen molar-refractivity contribution in [2.45, 2.75) is 161 Å². The predicted molar refractivity (Wildman–Crippen MR) is 153 cm³/mol. The molecular weight excluding hydrogens is 516 g/mol. The van der Waals surface area contributed by atoms with Crippen LogP contribution in [0.4, 0.5) is 0 Å². The summed E-state index contributed by atoms with van der Waals surface area (Å²) in [4.78, 5) is 37.8. The molecule has 10 nitrogen and oxygen atoms in total. The Hall–Kier alpha value is -1.75. The SMILES string of the molecule is CCCCCCCCCCCCCCC(=O)N[C@H](C(=O)O[C@H]1O[C@H](CO)[C@@H](O)[C@H](O)[C@H]1NC(=O)CCC)C(C)C. The molecule has 10 heteroatoms. The fourth-order valence-corrected chi connectivity index (χ4v) is 4.88. The normalized spacial score (nSPS) is 23.6. The van der Waals surface area contributed by atoms with Crippen molar-refractivity contribution in [2.75, 3.05) is 6.61 Å². The maximum atomic E-state index is 13.1. The van der Waals surface area contributed by atoms with Gasteiger partial charge in [-0.05, 0) is 18.8 Å². The summed E-state index contributed by atoms with van der Waals surface area (Å²) in [7, 11) is 0. The smallest absolute Gasteiger partial charge is 0.331 e. The lowest BCUT2D eigenvalue weighted by atomic mass is 9.96. The number of rotatable bonds is 21. The van der Waals surface area contributed by atoms with E-state index in [1.54, 1.807) is 13.8 Å². The zero-order chi connectivity index (χ0) is 29.9. The lowest BCUT2D eigenvalue weighted by Crippen LogP contribution is -2.65. The fourth-order valence-electron chi connectivity index (χ4n) is 4.88. The number of carbonyl (C=O) groups is 3. The highest BCUT2D eigenvalue weighted by atomic mass is 16.7. The van der Waals surface area contributed by atoms with Crippen LogP contribution in [-0.2, 0) is 23.9 Å². The average Bonchev–Trinajstić information content (AvgIpc) is 2.91. The van der Waals surface area contributed by atoms with Gasteiger partial charge in [0.1, 0.15) is 30.4 Å². The number of carbonyl (C=O) groups excluding carboxylic acids is 3. The van der Waals surface area contributed by atoms with Gasteiger partial charge >= 0.3 is 5.97 Å². The summed E-state index contributed by atoms with van der Waals surface area (Å²) in [6.07, 6.45) is 9.76. The Morgan fingerprint density at radius 1 is 0.775 bits per heavy atom. The lowest BCUT2D eigenvalue weighted by molar-refractivity contribution is -0.264. The molecule has 1 fully saturated rings. The van der Waals surface area contributed by atoms with Crippen molar-refractivity contribution in [3.05, 3.63) is 0 Å². The number of aliphatic hydroxyl groups is 3. The van der Waals surface area contributed by atoms with Crippen LogP contribution in [0.5, 0.6) is 0 Å². The maximum Gasteiger partial charge on any atom is 0.331 e. The van der Waals surface area contributed by atoms with Crippen LogP contribution >= 0.6 is 0 Å². The highest BCUT2D eigenvalue weighted by Crippen LogP contribution is 2.23. The molecule has 0 bridgehead atoms. The van der Waals surface area contributed by atoms with E-state index in [-0.39, 0.29) is 18.2 Å². The van der Waals surface area contributed by atoms with Gasteiger partial charge in [0.25, 0.3) is 0 Å². The summed E-state index contributed by atoms with van der Waals surface area (Å²) in [5.74, 6) is -1.72. The number of hydrogen-bond donors (Lipinski definition) is 5. The van der Waals surface area contributed by atoms with Gasteiger partial charge in [-0.1, -0.05) is 98.3 Å². The minimum absolute atomic E-state index is 0.174. The van der Waals surface area contributed by atoms with Crippen molar-refractivity contribution < 1.29 is 39.2 Å². The van der Waals surface area contributed by atoms with Crippen molar-refractivity contribution in [2.24, 2.45) is 5.92 Å². The van der Waals surface area contributed by atoms with Gasteiger partial charge in [0, 0.05) is 12.8 Å². The summed E-state index contributed by atoms with van der Waals surface area (Å²) in [5.41, 5.74) is 0. The van der Waals surface area contributed by atoms with Crippen molar-refractivity contribution in [1.82, 2.24) is 10.6 Å². The first-order valence-corrected chi connectivity index (χ1v) is 15.6. The van der Waals surface area contributed by atoms with Crippen molar-refractivity contribution in [3.8, 4) is 0 Å². The number of esters is 1. The molecule has 6 atom stereocenters. The number of aliphatic hydroxyl groups excluding tert-OH is 3. The third-order valence-corrected chi connectivity index (χ3v) is 7.41. The molecule has 0 unspecified atom stereocenters. The zero-order valence-corrected chi connectivity index (χ0v) is 25.2. The standard InChI is InChI=1S/C30H56N2O8/c1-5-7-8-9-10-11-12-13-14-15-16-17-19-24(35)31-25(21(3)4)29(38)40-30-26(32-23(34)18-6-2)28(37)27(36)22(20-33)39-30/h21-22,25-28,30,33,36-37H,5-20H2,1-4H3,(H,31,35)(H,32,34)/t22-,25+,26-,27-,28-,30-/m1/s1. The lowest BCUT2D eigenvalue weighted by Gasteiger charge is -2.42. The molecule has 1 saturated heterocycles. The molecule has 0 aromatic rings. The number of nitrogens with one attached hydrogen (secondary N) is 2. The highest BCUT2D eigenvalue weighted by molar-refractivity contribution is 5.84. The molecule has 40 heavy (non-hydrogen) atoms. The molecule has 5 N–H and O–H groups in total. The van der Waals surface area contributed by atoms with E-state index in [0.29, 0.717) is 12.8 Å². The summed E-state index contributed by atoms with van der Waals surface area (Å²) < 4.78 is 11.0. The van der Waals surface area contributed by atoms with Crippen molar-refractivity contribution in [3.63, 3.8) is 0 Å². The van der Waals surface area contributed by atoms with E-state index in [1.165, 1.54) is 57.8 Å². The van der Waals surface area contributed by atoms with E-state index in [9.17, 15) is 29.7 Å². The van der Waals surface area contributed by atoms with Gasteiger partial charge < -0.3 is 35.4 Å². The molecular formula is C30H56N2O8. The summed E-state index contributed by atoms with van der Waals surface area (Å²) in [5, 5.41) is 35.6. The maximum absolute atomic E-state index is 13.1. The molecule has 0 spiro atoms. The van der Waals surface area contributed by atoms with Crippen LogP contribution in [0.15, 0.2) is 0 Å². The third-order valence-electron chi connectivity index (χ3n) is 7.41. The van der Waals surface area contributed by atoms with Gasteiger partial charge in [-0.2, -0.15) is 0 Å². The quantitative estimate of drug-likeness (QED) is 0.103. The molecule has 234 valence electrons. The van der Waals surface area contributed by atoms with Crippen LogP contribution in [0.2, 0.25) is 0 Å². The van der Waals surface area contributed by atoms with E-state index >= 15 is 0 Å². The number of ether oxygens (including phenoxy) is 2. The first kappa shape index (κ1) is 36.3. The number of hydrogen-bond acceptors (Lipinski definition) is 8. The van der Waals surface area contributed by atoms with E-state index in [1.807, 2.05) is 6.92 Å². The molecule has 0 saturated carbocycles. The third kappa shape index (κ3) is 13.7. The fraction of sp³-hybridized carbons (Fsp3) is 0.900. The van der Waals surface area contributed by atoms with Gasteiger partial charge in [0.2, 0.25) is 18.1 Å². The summed E-state index contributed by atoms with van der Waals surface area (Å²) in [6.45, 7) is 6.97. The predicted octanol–water partition coefficient (Wildman–Crippen LogP) is 3.49. The van der Waals surface area contributed by atoms with Gasteiger partial charge in [-0.3, -0.25) is 9.59 Å². The minimum atomic E-state index is -1.53. The Labute approximate surface area is 241 Å². The van der Waals surface area contributed by atoms with E-state index in [2.05, 4.69) is 17.6 Å². The van der Waals surface area contributed by atoms with Gasteiger partial charge in [-0.15, -0.1) is 0 Å². The second kappa shape index (κ2) is 21.0. The molecule has 1 heterocycles. The average molecular weight is 573 g/mol. The van der Waals surface area contributed by atoms with Crippen LogP contribution in [0.25, 0.3) is 0 Å². The molecule has 0 radical (unpaired) electrons. The van der Waals surface area contributed by atoms with Crippen molar-refractivity contribution in [1.29, 1.82) is 0 Å². The molecule has 0 aromatic carbocycles. The second-order valence-electron chi connectivity index (χ2n) is 11.4. The van der Waals surface area contributed by atoms with Crippen LogP contribution in [0, 0.1) is 5.92 Å². The molecule has 1 aliphatic heterocycles. The molecule has 1 rings (SSSR count). The Morgan fingerprint density at radius 3 is 1.82 bits per heavy atom. The van der Waals surface area contributed by atoms with Gasteiger partial charge in [0.15, 0.2) is 0 Å². The summed E-state index contributed by atoms with van der Waals surface area (Å²) in [6, 6.07) is -2.19. The zero-order valence-electron chi connectivity index (χ0n) is 25.2. The molecule has 0 aromatic heterocycles. The van der Waals surface area contributed by atoms with Gasteiger partial charge in [0.05, 0.1) is 6.61 Å². The van der Waals surface area contributed by atoms with E-state index in [4.69, 9.17) is 9.47 Å². The van der Waals surface area contributed by atoms with Crippen LogP contribution in [0.3, 0.4) is 0 Å². The minimum Gasteiger partial charge on any atom is -0.432 e. The van der Waals surface area contributed by atoms with Crippen LogP contribution in [-0.4, -0.2) is 76.4 Å². The Bertz CT molecular complexity index is 720. The summed E-state index contributed by atoms with van der Waals surface area (Å²) >= 11 is 0. The van der Waals surface area contributed by atoms with Crippen LogP contribution < -0.4 is 10.6 Å². The Kier molecular flexibility index (Phi) is 19.1. The van der Waals surface area contributed by atoms with Crippen LogP contribution in [0.1, 0.15) is 124 Å². The Balaban J connectivity index is 2.51. The highest BCUT2D eigenvalue weighted by Gasteiger charge is 2.47. The monoisotopic (exact) mass is 572 g/mol.